The van der Waals surface area contributed by atoms with E-state index >= 15 is 0 Å². The summed E-state index contributed by atoms with van der Waals surface area (Å²) in [6.45, 7) is 8.11. The number of carboxylic acid groups (broad SMARTS) is 2. The van der Waals surface area contributed by atoms with Gasteiger partial charge >= 0.3 is 39.2 Å². The molecule has 0 aliphatic rings. The second kappa shape index (κ2) is 17.1. The molecule has 0 unspecified atom stereocenters. The Morgan fingerprint density at radius 3 is 1.20 bits per heavy atom. The van der Waals surface area contributed by atoms with Crippen LogP contribution >= 0.6 is 0 Å². The van der Waals surface area contributed by atoms with E-state index in [9.17, 15) is 29.4 Å². The summed E-state index contributed by atoms with van der Waals surface area (Å²) in [6.07, 6.45) is 2.95. The van der Waals surface area contributed by atoms with Gasteiger partial charge in [-0.3, -0.25) is 0 Å². The third-order valence-corrected chi connectivity index (χ3v) is 1.83. The van der Waals surface area contributed by atoms with Crippen molar-refractivity contribution < 1.29 is 66.2 Å². The Hall–Kier alpha value is -1.72. The molecule has 0 aliphatic heterocycles. The van der Waals surface area contributed by atoms with Gasteiger partial charge in [0.25, 0.3) is 0 Å². The van der Waals surface area contributed by atoms with E-state index in [1.165, 1.54) is 0 Å². The fraction of sp³-hybridized carbons (Fsp3) is 0.500. The molecule has 136 valence electrons. The molecular formula is C16H22CdO8. The summed E-state index contributed by atoms with van der Waals surface area (Å²) in [6, 6.07) is 0. The summed E-state index contributed by atoms with van der Waals surface area (Å²) >= 11 is 0. The van der Waals surface area contributed by atoms with Crippen LogP contribution in [-0.2, 0) is 56.0 Å². The van der Waals surface area contributed by atoms with E-state index in [4.69, 9.17) is 0 Å². The van der Waals surface area contributed by atoms with Gasteiger partial charge in [0.15, 0.2) is 0 Å². The van der Waals surface area contributed by atoms with E-state index in [2.05, 4.69) is 9.47 Å². The van der Waals surface area contributed by atoms with Crippen LogP contribution in [0.25, 0.3) is 0 Å². The number of carboxylic acids is 2. The minimum Gasteiger partial charge on any atom is -0.545 e. The van der Waals surface area contributed by atoms with Crippen molar-refractivity contribution in [2.75, 3.05) is 13.2 Å². The predicted molar refractivity (Wildman–Crippen MR) is 79.9 cm³/mol. The number of carbonyl (C=O) groups excluding carboxylic acids is 4. The van der Waals surface area contributed by atoms with Crippen molar-refractivity contribution in [3.8, 4) is 0 Å². The zero-order chi connectivity index (χ0) is 19.1. The fourth-order valence-electron chi connectivity index (χ4n) is 0.866. The summed E-state index contributed by atoms with van der Waals surface area (Å²) in [5.41, 5.74) is 0. The van der Waals surface area contributed by atoms with Gasteiger partial charge in [0.2, 0.25) is 0 Å². The van der Waals surface area contributed by atoms with Crippen molar-refractivity contribution in [1.82, 2.24) is 0 Å². The van der Waals surface area contributed by atoms with Crippen LogP contribution < -0.4 is 10.2 Å². The van der Waals surface area contributed by atoms with Crippen LogP contribution in [0.4, 0.5) is 0 Å². The average Bonchev–Trinajstić information content (AvgIpc) is 2.47. The first-order valence-electron chi connectivity index (χ1n) is 7.16. The molecule has 0 fully saturated rings. The monoisotopic (exact) mass is 456 g/mol. The SMILES string of the molecule is CC(C)COC(=O)C=CC(=O)[O-].CC(C)COC(=O)C=CC(=O)[O-].[Cd+2]. The molecule has 0 aromatic rings. The van der Waals surface area contributed by atoms with E-state index in [1.807, 2.05) is 27.7 Å². The van der Waals surface area contributed by atoms with Crippen molar-refractivity contribution in [1.29, 1.82) is 0 Å². The maximum atomic E-state index is 10.7. The van der Waals surface area contributed by atoms with E-state index in [1.54, 1.807) is 0 Å². The van der Waals surface area contributed by atoms with Crippen LogP contribution in [0.3, 0.4) is 0 Å². The van der Waals surface area contributed by atoms with Gasteiger partial charge in [-0.15, -0.1) is 0 Å². The van der Waals surface area contributed by atoms with Crippen LogP contribution in [0.2, 0.25) is 0 Å². The standard InChI is InChI=1S/2C8H12O4.Cd/c2*1-6(2)5-12-8(11)4-3-7(9)10;/h2*3-4,6H,5H2,1-2H3,(H,9,10);/q;;+2/p-2. The number of ether oxygens (including phenoxy) is 2. The van der Waals surface area contributed by atoms with Crippen molar-refractivity contribution >= 4 is 23.9 Å². The van der Waals surface area contributed by atoms with Gasteiger partial charge in [0.1, 0.15) is 0 Å². The molecule has 8 nitrogen and oxygen atoms in total. The van der Waals surface area contributed by atoms with Crippen LogP contribution in [-0.4, -0.2) is 37.1 Å². The Balaban J connectivity index is -0.000000372. The van der Waals surface area contributed by atoms with E-state index < -0.39 is 23.9 Å². The zero-order valence-corrected chi connectivity index (χ0v) is 18.9. The summed E-state index contributed by atoms with van der Waals surface area (Å²) in [4.78, 5) is 41.0. The number of carbonyl (C=O) groups is 4. The topological polar surface area (TPSA) is 133 Å². The molecule has 0 aromatic heterocycles. The Morgan fingerprint density at radius 1 is 0.720 bits per heavy atom. The molecule has 0 radical (unpaired) electrons. The van der Waals surface area contributed by atoms with Crippen molar-refractivity contribution in [3.63, 3.8) is 0 Å². The molecule has 0 bridgehead atoms. The van der Waals surface area contributed by atoms with E-state index in [0.717, 1.165) is 12.2 Å². The first-order chi connectivity index (χ1) is 11.0. The normalized spacial score (nSPS) is 10.2. The molecule has 0 amide bonds. The number of aliphatic carboxylic acids is 2. The summed E-state index contributed by atoms with van der Waals surface area (Å²) in [5.74, 6) is -3.65. The minimum absolute atomic E-state index is 0. The van der Waals surface area contributed by atoms with Crippen LogP contribution in [0.1, 0.15) is 27.7 Å². The van der Waals surface area contributed by atoms with E-state index in [-0.39, 0.29) is 52.3 Å². The molecule has 9 heteroatoms. The molecule has 0 spiro atoms. The number of hydrogen-bond donors (Lipinski definition) is 0. The quantitative estimate of drug-likeness (QED) is 0.258. The predicted octanol–water partition coefficient (Wildman–Crippen LogP) is -1.02. The third kappa shape index (κ3) is 27.4. The number of esters is 2. The van der Waals surface area contributed by atoms with Crippen molar-refractivity contribution in [2.45, 2.75) is 27.7 Å². The van der Waals surface area contributed by atoms with E-state index in [0.29, 0.717) is 12.2 Å². The fourth-order valence-corrected chi connectivity index (χ4v) is 0.866. The first kappa shape index (κ1) is 28.1. The van der Waals surface area contributed by atoms with Gasteiger partial charge in [-0.1, -0.05) is 27.7 Å². The van der Waals surface area contributed by atoms with Gasteiger partial charge in [-0.25, -0.2) is 9.59 Å². The molecule has 0 aliphatic carbocycles. The molecule has 0 saturated heterocycles. The second-order valence-electron chi connectivity index (χ2n) is 5.35. The van der Waals surface area contributed by atoms with Gasteiger partial charge in [0.05, 0.1) is 25.2 Å². The molecule has 25 heavy (non-hydrogen) atoms. The molecule has 0 saturated carbocycles. The molecule has 0 N–H and O–H groups in total. The molecule has 0 atom stereocenters. The zero-order valence-electron chi connectivity index (χ0n) is 14.9. The van der Waals surface area contributed by atoms with Crippen LogP contribution in [0, 0.1) is 11.8 Å². The van der Waals surface area contributed by atoms with Gasteiger partial charge in [-0.2, -0.15) is 0 Å². The summed E-state index contributed by atoms with van der Waals surface area (Å²) in [7, 11) is 0. The maximum absolute atomic E-state index is 10.7. The summed E-state index contributed by atoms with van der Waals surface area (Å²) < 4.78 is 9.27. The Bertz CT molecular complexity index is 437. The average molecular weight is 455 g/mol. The smallest absolute Gasteiger partial charge is 0.545 e. The largest absolute Gasteiger partial charge is 2.00 e. The Kier molecular flexibility index (Phi) is 19.2. The molecule has 0 aromatic carbocycles. The Morgan fingerprint density at radius 2 is 1.00 bits per heavy atom. The number of rotatable bonds is 8. The van der Waals surface area contributed by atoms with Crippen LogP contribution in [0.5, 0.6) is 0 Å². The molecule has 0 heterocycles. The molecular weight excluding hydrogens is 433 g/mol. The van der Waals surface area contributed by atoms with Gasteiger partial charge in [-0.05, 0) is 24.0 Å². The number of hydrogen-bond acceptors (Lipinski definition) is 8. The van der Waals surface area contributed by atoms with Crippen LogP contribution in [0.15, 0.2) is 24.3 Å². The Labute approximate surface area is 167 Å². The van der Waals surface area contributed by atoms with Crippen molar-refractivity contribution in [3.05, 3.63) is 24.3 Å². The minimum atomic E-state index is -1.41. The third-order valence-electron chi connectivity index (χ3n) is 1.83. The van der Waals surface area contributed by atoms with Gasteiger partial charge < -0.3 is 29.3 Å². The first-order valence-corrected chi connectivity index (χ1v) is 7.16. The second-order valence-corrected chi connectivity index (χ2v) is 5.35. The molecule has 0 rings (SSSR count). The summed E-state index contributed by atoms with van der Waals surface area (Å²) in [5, 5.41) is 19.7. The van der Waals surface area contributed by atoms with Gasteiger partial charge in [0, 0.05) is 12.2 Å². The maximum Gasteiger partial charge on any atom is 2.00 e. The van der Waals surface area contributed by atoms with Crippen molar-refractivity contribution in [2.24, 2.45) is 11.8 Å².